The second-order valence-corrected chi connectivity index (χ2v) is 16.0. The van der Waals surface area contributed by atoms with Crippen LogP contribution in [0.5, 0.6) is 11.5 Å². The van der Waals surface area contributed by atoms with Gasteiger partial charge in [-0.15, -0.1) is 0 Å². The van der Waals surface area contributed by atoms with Crippen LogP contribution in [0.1, 0.15) is 192 Å². The van der Waals surface area contributed by atoms with Crippen LogP contribution in [0.4, 0.5) is 4.79 Å². The number of carbonyl (C=O) groups is 1. The highest BCUT2D eigenvalue weighted by atomic mass is 16.7. The van der Waals surface area contributed by atoms with Gasteiger partial charge in [-0.05, 0) is 135 Å². The third-order valence-corrected chi connectivity index (χ3v) is 10.1. The Morgan fingerprint density at radius 2 is 0.947 bits per heavy atom. The molecule has 6 nitrogen and oxygen atoms in total. The van der Waals surface area contributed by atoms with E-state index in [0.717, 1.165) is 74.1 Å². The highest BCUT2D eigenvalue weighted by Gasteiger charge is 2.14. The van der Waals surface area contributed by atoms with E-state index in [1.54, 1.807) is 0 Å². The lowest BCUT2D eigenvalue weighted by molar-refractivity contribution is 0.0479. The molecular formula is C51H87NO5. The number of hydrogen-bond acceptors (Lipinski definition) is 6. The van der Waals surface area contributed by atoms with Gasteiger partial charge in [-0.1, -0.05) is 140 Å². The smallest absolute Gasteiger partial charge is 0.493 e. The van der Waals surface area contributed by atoms with Gasteiger partial charge < -0.3 is 23.8 Å². The molecule has 0 heterocycles. The zero-order chi connectivity index (χ0) is 41.3. The minimum absolute atomic E-state index is 0.0944. The molecule has 1 aromatic carbocycles. The van der Waals surface area contributed by atoms with Gasteiger partial charge in [0.05, 0.1) is 19.8 Å². The van der Waals surface area contributed by atoms with Crippen molar-refractivity contribution in [1.82, 2.24) is 4.90 Å². The molecule has 326 valence electrons. The number of carbonyl (C=O) groups excluding carboxylic acids is 1. The Bertz CT molecular complexity index is 1190. The van der Waals surface area contributed by atoms with Gasteiger partial charge in [0.2, 0.25) is 0 Å². The second kappa shape index (κ2) is 39.8. The SMILES string of the molecule is CCCCCC=CCC=CCCCCCCCCOc1cc(COC(=O)OCCCCN(C)C)c(OCCCCCCCCC=CCC=CCCCCC)cc1C. The topological polar surface area (TPSA) is 57.2 Å². The largest absolute Gasteiger partial charge is 0.508 e. The fraction of sp³-hybridized carbons (Fsp3) is 0.706. The van der Waals surface area contributed by atoms with E-state index in [0.29, 0.717) is 19.8 Å². The number of unbranched alkanes of at least 4 members (excludes halogenated alkanes) is 19. The molecule has 0 bridgehead atoms. The number of allylic oxidation sites excluding steroid dienone is 8. The number of hydrogen-bond donors (Lipinski definition) is 0. The molecule has 0 aliphatic heterocycles. The first-order valence-electron chi connectivity index (χ1n) is 23.4. The molecule has 0 saturated heterocycles. The highest BCUT2D eigenvalue weighted by Crippen LogP contribution is 2.30. The summed E-state index contributed by atoms with van der Waals surface area (Å²) in [5.74, 6) is 1.59. The van der Waals surface area contributed by atoms with Crippen LogP contribution in [-0.4, -0.2) is 51.5 Å². The first-order chi connectivity index (χ1) is 28.0. The van der Waals surface area contributed by atoms with Crippen molar-refractivity contribution in [3.8, 4) is 11.5 Å². The third kappa shape index (κ3) is 33.7. The van der Waals surface area contributed by atoms with E-state index < -0.39 is 6.16 Å². The molecule has 0 N–H and O–H groups in total. The van der Waals surface area contributed by atoms with E-state index >= 15 is 0 Å². The van der Waals surface area contributed by atoms with Gasteiger partial charge in [-0.3, -0.25) is 0 Å². The Kier molecular flexibility index (Phi) is 36.3. The maximum Gasteiger partial charge on any atom is 0.508 e. The van der Waals surface area contributed by atoms with E-state index in [1.807, 2.05) is 26.2 Å². The molecule has 0 fully saturated rings. The molecule has 1 rings (SSSR count). The Morgan fingerprint density at radius 1 is 0.509 bits per heavy atom. The van der Waals surface area contributed by atoms with E-state index in [4.69, 9.17) is 18.9 Å². The van der Waals surface area contributed by atoms with Crippen molar-refractivity contribution in [2.24, 2.45) is 0 Å². The lowest BCUT2D eigenvalue weighted by Gasteiger charge is -2.16. The van der Waals surface area contributed by atoms with Crippen molar-refractivity contribution in [3.05, 3.63) is 71.9 Å². The predicted molar refractivity (Wildman–Crippen MR) is 245 cm³/mol. The highest BCUT2D eigenvalue weighted by molar-refractivity contribution is 5.60. The zero-order valence-electron chi connectivity index (χ0n) is 37.7. The van der Waals surface area contributed by atoms with Gasteiger partial charge in [0.1, 0.15) is 18.1 Å². The van der Waals surface area contributed by atoms with Crippen LogP contribution in [-0.2, 0) is 16.1 Å². The predicted octanol–water partition coefficient (Wildman–Crippen LogP) is 15.4. The molecule has 0 unspecified atom stereocenters. The van der Waals surface area contributed by atoms with Gasteiger partial charge in [-0.25, -0.2) is 4.79 Å². The van der Waals surface area contributed by atoms with Crippen molar-refractivity contribution in [3.63, 3.8) is 0 Å². The Balaban J connectivity index is 2.41. The van der Waals surface area contributed by atoms with Crippen LogP contribution in [0.3, 0.4) is 0 Å². The molecule has 1 aromatic rings. The molecule has 0 atom stereocenters. The van der Waals surface area contributed by atoms with Crippen LogP contribution in [0.25, 0.3) is 0 Å². The number of aryl methyl sites for hydroxylation is 1. The average Bonchev–Trinajstić information content (AvgIpc) is 3.20. The van der Waals surface area contributed by atoms with Gasteiger partial charge in [0.25, 0.3) is 0 Å². The van der Waals surface area contributed by atoms with E-state index in [2.05, 4.69) is 74.3 Å². The van der Waals surface area contributed by atoms with Crippen LogP contribution in [0.2, 0.25) is 0 Å². The van der Waals surface area contributed by atoms with Crippen LogP contribution in [0.15, 0.2) is 60.7 Å². The molecule has 0 amide bonds. The van der Waals surface area contributed by atoms with Gasteiger partial charge in [0.15, 0.2) is 0 Å². The van der Waals surface area contributed by atoms with E-state index in [-0.39, 0.29) is 6.61 Å². The molecule has 0 spiro atoms. The molecular weight excluding hydrogens is 707 g/mol. The third-order valence-electron chi connectivity index (χ3n) is 10.1. The van der Waals surface area contributed by atoms with Crippen molar-refractivity contribution in [2.45, 2.75) is 194 Å². The van der Waals surface area contributed by atoms with Crippen LogP contribution >= 0.6 is 0 Å². The summed E-state index contributed by atoms with van der Waals surface area (Å²) < 4.78 is 23.4. The maximum atomic E-state index is 12.4. The standard InChI is InChI=1S/C51H87NO5/c1-6-8-10-12-14-16-18-20-22-24-26-28-30-32-34-37-41-54-49-45-48(46-57-51(53)56-43-39-36-40-52(4)5)50(44-47(49)3)55-42-38-35-33-31-29-27-25-23-21-19-17-15-13-11-9-7-2/h14-17,20-23,44-45H,6-13,18-19,24-43,46H2,1-5H3. The summed E-state index contributed by atoms with van der Waals surface area (Å²) in [4.78, 5) is 14.5. The first-order valence-corrected chi connectivity index (χ1v) is 23.4. The zero-order valence-corrected chi connectivity index (χ0v) is 37.7. The minimum atomic E-state index is -0.639. The van der Waals surface area contributed by atoms with E-state index in [1.165, 1.54) is 122 Å². The van der Waals surface area contributed by atoms with Crippen molar-refractivity contribution in [1.29, 1.82) is 0 Å². The van der Waals surface area contributed by atoms with E-state index in [9.17, 15) is 4.79 Å². The summed E-state index contributed by atoms with van der Waals surface area (Å²) in [6.45, 7) is 9.32. The van der Waals surface area contributed by atoms with Crippen molar-refractivity contribution >= 4 is 6.16 Å². The van der Waals surface area contributed by atoms with Gasteiger partial charge in [-0.2, -0.15) is 0 Å². The summed E-state index contributed by atoms with van der Waals surface area (Å²) in [6.07, 6.45) is 49.0. The lowest BCUT2D eigenvalue weighted by Crippen LogP contribution is -2.14. The Morgan fingerprint density at radius 3 is 1.44 bits per heavy atom. The fourth-order valence-electron chi connectivity index (χ4n) is 6.52. The normalized spacial score (nSPS) is 12.0. The quantitative estimate of drug-likeness (QED) is 0.0376. The number of ether oxygens (including phenoxy) is 4. The Labute approximate surface area is 351 Å². The molecule has 0 saturated carbocycles. The summed E-state index contributed by atoms with van der Waals surface area (Å²) >= 11 is 0. The summed E-state index contributed by atoms with van der Waals surface area (Å²) in [7, 11) is 4.09. The summed E-state index contributed by atoms with van der Waals surface area (Å²) in [6, 6.07) is 4.03. The molecule has 0 aromatic heterocycles. The molecule has 57 heavy (non-hydrogen) atoms. The minimum Gasteiger partial charge on any atom is -0.493 e. The number of rotatable bonds is 39. The Hall–Kier alpha value is -2.99. The van der Waals surface area contributed by atoms with Crippen LogP contribution in [0, 0.1) is 6.92 Å². The fourth-order valence-corrected chi connectivity index (χ4v) is 6.52. The van der Waals surface area contributed by atoms with Gasteiger partial charge in [0, 0.05) is 5.56 Å². The summed E-state index contributed by atoms with van der Waals surface area (Å²) in [5, 5.41) is 0. The van der Waals surface area contributed by atoms with Crippen molar-refractivity contribution in [2.75, 3.05) is 40.5 Å². The van der Waals surface area contributed by atoms with Crippen molar-refractivity contribution < 1.29 is 23.7 Å². The number of benzene rings is 1. The molecule has 0 aliphatic rings. The summed E-state index contributed by atoms with van der Waals surface area (Å²) in [5.41, 5.74) is 1.85. The second-order valence-electron chi connectivity index (χ2n) is 16.0. The first kappa shape index (κ1) is 52.0. The molecule has 0 radical (unpaired) electrons. The maximum absolute atomic E-state index is 12.4. The average molecular weight is 794 g/mol. The molecule has 6 heteroatoms. The molecule has 0 aliphatic carbocycles. The van der Waals surface area contributed by atoms with Crippen LogP contribution < -0.4 is 9.47 Å². The van der Waals surface area contributed by atoms with Gasteiger partial charge >= 0.3 is 6.16 Å². The monoisotopic (exact) mass is 794 g/mol. The lowest BCUT2D eigenvalue weighted by atomic mass is 10.1. The number of nitrogens with zero attached hydrogens (tertiary/aromatic N) is 1.